The number of fused-ring (bicyclic) bond motifs is 2. The fourth-order valence-corrected chi connectivity index (χ4v) is 6.35. The van der Waals surface area contributed by atoms with Crippen LogP contribution >= 0.6 is 0 Å². The summed E-state index contributed by atoms with van der Waals surface area (Å²) in [5, 5.41) is 5.56. The third-order valence-electron chi connectivity index (χ3n) is 8.02. The molecule has 2 aliphatic rings. The molecule has 0 bridgehead atoms. The molecule has 0 unspecified atom stereocenters. The summed E-state index contributed by atoms with van der Waals surface area (Å²) in [6.07, 6.45) is 13.4. The molecule has 0 heterocycles. The van der Waals surface area contributed by atoms with Crippen LogP contribution in [0.25, 0.3) is 17.2 Å². The van der Waals surface area contributed by atoms with Crippen LogP contribution in [0.3, 0.4) is 0 Å². The number of rotatable bonds is 6. The van der Waals surface area contributed by atoms with Gasteiger partial charge >= 0.3 is 0 Å². The number of aryl methyl sites for hydroxylation is 1. The highest BCUT2D eigenvalue weighted by molar-refractivity contribution is 5.86. The van der Waals surface area contributed by atoms with Gasteiger partial charge in [0.05, 0.1) is 0 Å². The van der Waals surface area contributed by atoms with Crippen molar-refractivity contribution in [1.29, 1.82) is 0 Å². The first-order valence-electron chi connectivity index (χ1n) is 13.8. The van der Waals surface area contributed by atoms with Crippen LogP contribution in [0.1, 0.15) is 66.1 Å². The van der Waals surface area contributed by atoms with E-state index in [-0.39, 0.29) is 0 Å². The van der Waals surface area contributed by atoms with Crippen molar-refractivity contribution in [2.45, 2.75) is 46.5 Å². The van der Waals surface area contributed by atoms with Crippen molar-refractivity contribution >= 4 is 17.2 Å². The first kappa shape index (κ1) is 23.5. The second-order valence-corrected chi connectivity index (χ2v) is 10.1. The van der Waals surface area contributed by atoms with Gasteiger partial charge in [-0.25, -0.2) is 0 Å². The Balaban J connectivity index is 1.94. The van der Waals surface area contributed by atoms with Gasteiger partial charge in [-0.3, -0.25) is 0 Å². The highest BCUT2D eigenvalue weighted by Crippen LogP contribution is 2.34. The van der Waals surface area contributed by atoms with Crippen molar-refractivity contribution in [1.82, 2.24) is 0 Å². The third-order valence-corrected chi connectivity index (χ3v) is 8.02. The van der Waals surface area contributed by atoms with Gasteiger partial charge in [0.2, 0.25) is 0 Å². The van der Waals surface area contributed by atoms with Gasteiger partial charge in [0.1, 0.15) is 0 Å². The molecule has 0 N–H and O–H groups in total. The van der Waals surface area contributed by atoms with Crippen LogP contribution in [0.4, 0.5) is 0 Å². The second kappa shape index (κ2) is 9.87. The molecule has 0 radical (unpaired) electrons. The maximum absolute atomic E-state index is 2.48. The van der Waals surface area contributed by atoms with Gasteiger partial charge in [0, 0.05) is 0 Å². The van der Waals surface area contributed by atoms with E-state index in [0.717, 1.165) is 25.7 Å². The van der Waals surface area contributed by atoms with Gasteiger partial charge in [-0.2, -0.15) is 0 Å². The van der Waals surface area contributed by atoms with Crippen LogP contribution in [0.15, 0.2) is 97.1 Å². The maximum Gasteiger partial charge on any atom is -0.00171 e. The molecule has 2 aliphatic carbocycles. The molecule has 0 spiro atoms. The number of hydrogen-bond acceptors (Lipinski definition) is 0. The summed E-state index contributed by atoms with van der Waals surface area (Å²) >= 11 is 0. The topological polar surface area (TPSA) is 0 Å². The van der Waals surface area contributed by atoms with E-state index in [1.54, 1.807) is 0 Å². The van der Waals surface area contributed by atoms with E-state index >= 15 is 0 Å². The molecule has 0 saturated carbocycles. The summed E-state index contributed by atoms with van der Waals surface area (Å²) in [4.78, 5) is 0. The Morgan fingerprint density at radius 3 is 1.97 bits per heavy atom. The van der Waals surface area contributed by atoms with Crippen molar-refractivity contribution < 1.29 is 0 Å². The standard InChI is InChI=1S/C37H34/c1-4-25-21-22-32-29(23-25)24-33-35(28-19-13-14-20-28)30(5-2)31(6-3)37(36(32)33)34(26-15-9-7-10-16-26)27-17-11-8-12-18-27/h7-19,21-24H,4-6,20H2,1-3H3. The van der Waals surface area contributed by atoms with E-state index in [2.05, 4.69) is 124 Å². The zero-order valence-corrected chi connectivity index (χ0v) is 22.1. The average Bonchev–Trinajstić information content (AvgIpc) is 3.61. The lowest BCUT2D eigenvalue weighted by atomic mass is 9.82. The van der Waals surface area contributed by atoms with Gasteiger partial charge in [-0.05, 0) is 103 Å². The Hall–Kier alpha value is -3.90. The summed E-state index contributed by atoms with van der Waals surface area (Å²) in [7, 11) is 0. The molecule has 0 heteroatoms. The molecule has 0 nitrogen and oxygen atoms in total. The molecule has 0 fully saturated rings. The fraction of sp³-hybridized carbons (Fsp3) is 0.189. The predicted octanol–water partition coefficient (Wildman–Crippen LogP) is 7.39. The first-order valence-corrected chi connectivity index (χ1v) is 13.8. The van der Waals surface area contributed by atoms with E-state index in [1.165, 1.54) is 71.0 Å². The third kappa shape index (κ3) is 3.92. The first-order chi connectivity index (χ1) is 18.2. The maximum atomic E-state index is 2.48. The van der Waals surface area contributed by atoms with Crippen LogP contribution in [0, 0.1) is 10.4 Å². The quantitative estimate of drug-likeness (QED) is 0.239. The van der Waals surface area contributed by atoms with Gasteiger partial charge in [-0.1, -0.05) is 118 Å². The minimum Gasteiger partial charge on any atom is -0.0801 e. The Morgan fingerprint density at radius 2 is 1.41 bits per heavy atom. The molecule has 0 atom stereocenters. The van der Waals surface area contributed by atoms with Crippen LogP contribution in [0.2, 0.25) is 0 Å². The molecule has 182 valence electrons. The van der Waals surface area contributed by atoms with Crippen LogP contribution in [-0.2, 0) is 19.3 Å². The Morgan fingerprint density at radius 1 is 0.730 bits per heavy atom. The van der Waals surface area contributed by atoms with Gasteiger partial charge in [0.25, 0.3) is 0 Å². The predicted molar refractivity (Wildman–Crippen MR) is 158 cm³/mol. The molecule has 37 heavy (non-hydrogen) atoms. The molecule has 6 rings (SSSR count). The number of benzene rings is 4. The fourth-order valence-electron chi connectivity index (χ4n) is 6.35. The van der Waals surface area contributed by atoms with Gasteiger partial charge in [-0.15, -0.1) is 0 Å². The minimum absolute atomic E-state index is 1.00. The van der Waals surface area contributed by atoms with E-state index in [0.29, 0.717) is 0 Å². The number of hydrogen-bond donors (Lipinski definition) is 0. The van der Waals surface area contributed by atoms with E-state index in [4.69, 9.17) is 0 Å². The summed E-state index contributed by atoms with van der Waals surface area (Å²) in [5.41, 5.74) is 12.6. The Labute approximate surface area is 220 Å². The molecule has 0 saturated heterocycles. The lowest BCUT2D eigenvalue weighted by molar-refractivity contribution is 1.01. The lowest BCUT2D eigenvalue weighted by Gasteiger charge is -2.21. The Bertz CT molecular complexity index is 1720. The lowest BCUT2D eigenvalue weighted by Crippen LogP contribution is -2.22. The average molecular weight is 479 g/mol. The normalized spacial score (nSPS) is 13.2. The van der Waals surface area contributed by atoms with Crippen LogP contribution < -0.4 is 10.4 Å². The molecule has 4 aromatic rings. The van der Waals surface area contributed by atoms with E-state index in [1.807, 2.05) is 0 Å². The van der Waals surface area contributed by atoms with Gasteiger partial charge in [0.15, 0.2) is 0 Å². The largest absolute Gasteiger partial charge is 0.0801 e. The van der Waals surface area contributed by atoms with Gasteiger partial charge < -0.3 is 0 Å². The van der Waals surface area contributed by atoms with E-state index in [9.17, 15) is 0 Å². The van der Waals surface area contributed by atoms with Crippen molar-refractivity contribution in [3.8, 4) is 0 Å². The second-order valence-electron chi connectivity index (χ2n) is 10.1. The zero-order chi connectivity index (χ0) is 25.4. The molecule has 0 aromatic heterocycles. The molecular weight excluding hydrogens is 444 g/mol. The summed E-state index contributed by atoms with van der Waals surface area (Å²) in [5.74, 6) is 0. The van der Waals surface area contributed by atoms with E-state index < -0.39 is 0 Å². The summed E-state index contributed by atoms with van der Waals surface area (Å²) in [6, 6.07) is 29.1. The Kier molecular flexibility index (Phi) is 6.26. The SMILES string of the molecule is CCc1ccc2c(c1)=Cc1c(C3=CC=CC3)c(CC)c(CC)c(=C(c3ccccc3)c3ccccc3)c1=2. The van der Waals surface area contributed by atoms with Crippen LogP contribution in [-0.4, -0.2) is 0 Å². The highest BCUT2D eigenvalue weighted by atomic mass is 14.3. The zero-order valence-electron chi connectivity index (χ0n) is 22.1. The summed E-state index contributed by atoms with van der Waals surface area (Å²) in [6.45, 7) is 6.92. The molecule has 0 aliphatic heterocycles. The summed E-state index contributed by atoms with van der Waals surface area (Å²) < 4.78 is 0. The molecular formula is C37H34. The van der Waals surface area contributed by atoms with Crippen molar-refractivity contribution in [2.75, 3.05) is 0 Å². The van der Waals surface area contributed by atoms with Crippen molar-refractivity contribution in [3.63, 3.8) is 0 Å². The van der Waals surface area contributed by atoms with Crippen molar-refractivity contribution in [3.05, 3.63) is 157 Å². The van der Waals surface area contributed by atoms with Crippen LogP contribution in [0.5, 0.6) is 0 Å². The molecule has 0 amide bonds. The van der Waals surface area contributed by atoms with Crippen molar-refractivity contribution in [2.24, 2.45) is 0 Å². The molecule has 4 aromatic carbocycles. The number of allylic oxidation sites excluding steroid dienone is 4. The smallest absolute Gasteiger partial charge is 0.00171 e. The minimum atomic E-state index is 1.00. The monoisotopic (exact) mass is 478 g/mol. The highest BCUT2D eigenvalue weighted by Gasteiger charge is 2.23.